The van der Waals surface area contributed by atoms with Crippen molar-refractivity contribution in [2.75, 3.05) is 26.3 Å². The third-order valence-electron chi connectivity index (χ3n) is 9.24. The van der Waals surface area contributed by atoms with Crippen LogP contribution in [0.5, 0.6) is 0 Å². The normalized spacial score (nSPS) is 12.2. The summed E-state index contributed by atoms with van der Waals surface area (Å²) in [6.45, 7) is 6.86. The summed E-state index contributed by atoms with van der Waals surface area (Å²) in [5, 5.41) is 0. The van der Waals surface area contributed by atoms with E-state index < -0.39 is 6.04 Å². The highest BCUT2D eigenvalue weighted by Crippen LogP contribution is 2.12. The summed E-state index contributed by atoms with van der Waals surface area (Å²) >= 11 is 0. The molecule has 0 fully saturated rings. The first-order valence-corrected chi connectivity index (χ1v) is 21.1. The van der Waals surface area contributed by atoms with Gasteiger partial charge in [0.2, 0.25) is 5.91 Å². The molecule has 50 heavy (non-hydrogen) atoms. The zero-order chi connectivity index (χ0) is 36.8. The number of rotatable bonds is 37. The standard InChI is InChI=1S/C43H80N2O5/c1-4-6-8-10-12-14-16-18-20-22-24-26-28-30-32-34-41(46)49-38-36-45(43(48)40(3)44)37-39-50-42(47)35-33-31-29-27-25-23-21-19-17-15-13-11-9-7-5-2/h18-21,40H,4-17,22-39,44H2,1-3H3/b20-18-,21-19-/t40-/m0/s1. The highest BCUT2D eigenvalue weighted by molar-refractivity contribution is 5.81. The maximum absolute atomic E-state index is 12.6. The molecule has 0 radical (unpaired) electrons. The van der Waals surface area contributed by atoms with Crippen molar-refractivity contribution < 1.29 is 23.9 Å². The van der Waals surface area contributed by atoms with E-state index in [-0.39, 0.29) is 44.1 Å². The van der Waals surface area contributed by atoms with Crippen LogP contribution in [0.3, 0.4) is 0 Å². The first-order chi connectivity index (χ1) is 24.4. The van der Waals surface area contributed by atoms with Crippen LogP contribution in [0, 0.1) is 0 Å². The van der Waals surface area contributed by atoms with Gasteiger partial charge >= 0.3 is 11.9 Å². The van der Waals surface area contributed by atoms with Gasteiger partial charge in [-0.05, 0) is 71.1 Å². The average molecular weight is 705 g/mol. The van der Waals surface area contributed by atoms with Gasteiger partial charge < -0.3 is 20.1 Å². The van der Waals surface area contributed by atoms with Crippen LogP contribution in [0.25, 0.3) is 0 Å². The predicted molar refractivity (Wildman–Crippen MR) is 211 cm³/mol. The van der Waals surface area contributed by atoms with Crippen LogP contribution < -0.4 is 5.73 Å². The van der Waals surface area contributed by atoms with E-state index in [0.717, 1.165) is 51.4 Å². The molecule has 2 N–H and O–H groups in total. The van der Waals surface area contributed by atoms with E-state index in [1.54, 1.807) is 6.92 Å². The summed E-state index contributed by atoms with van der Waals surface area (Å²) in [5.74, 6) is -0.712. The number of unbranched alkanes of at least 4 members (excludes halogenated alkanes) is 22. The minimum atomic E-state index is -0.673. The molecule has 0 aliphatic heterocycles. The maximum Gasteiger partial charge on any atom is 0.305 e. The first-order valence-electron chi connectivity index (χ1n) is 21.1. The van der Waals surface area contributed by atoms with Gasteiger partial charge in [0, 0.05) is 12.8 Å². The molecule has 0 saturated heterocycles. The number of hydrogen-bond donors (Lipinski definition) is 1. The largest absolute Gasteiger partial charge is 0.464 e. The van der Waals surface area contributed by atoms with Crippen molar-refractivity contribution in [1.82, 2.24) is 4.90 Å². The number of carbonyl (C=O) groups is 3. The summed E-state index contributed by atoms with van der Waals surface area (Å²) in [4.78, 5) is 38.5. The van der Waals surface area contributed by atoms with E-state index in [1.807, 2.05) is 0 Å². The Morgan fingerprint density at radius 3 is 1.12 bits per heavy atom. The Bertz CT molecular complexity index is 783. The van der Waals surface area contributed by atoms with E-state index in [9.17, 15) is 14.4 Å². The number of nitrogens with zero attached hydrogens (tertiary/aromatic N) is 1. The molecular weight excluding hydrogens is 624 g/mol. The molecular formula is C43H80N2O5. The number of carbonyl (C=O) groups excluding carboxylic acids is 3. The van der Waals surface area contributed by atoms with E-state index in [1.165, 1.54) is 120 Å². The smallest absolute Gasteiger partial charge is 0.305 e. The van der Waals surface area contributed by atoms with Crippen molar-refractivity contribution in [3.05, 3.63) is 24.3 Å². The van der Waals surface area contributed by atoms with Crippen LogP contribution >= 0.6 is 0 Å². The summed E-state index contributed by atoms with van der Waals surface area (Å²) in [5.41, 5.74) is 5.83. The molecule has 0 aromatic rings. The van der Waals surface area contributed by atoms with E-state index in [2.05, 4.69) is 38.2 Å². The molecule has 7 nitrogen and oxygen atoms in total. The number of nitrogens with two attached hydrogens (primary N) is 1. The molecule has 0 aromatic heterocycles. The molecule has 0 aliphatic rings. The summed E-state index contributed by atoms with van der Waals surface area (Å²) < 4.78 is 10.8. The van der Waals surface area contributed by atoms with E-state index in [4.69, 9.17) is 15.2 Å². The fourth-order valence-electron chi connectivity index (χ4n) is 5.98. The number of amides is 1. The van der Waals surface area contributed by atoms with Crippen molar-refractivity contribution in [1.29, 1.82) is 0 Å². The van der Waals surface area contributed by atoms with Crippen molar-refractivity contribution in [2.45, 2.75) is 207 Å². The maximum atomic E-state index is 12.6. The third-order valence-corrected chi connectivity index (χ3v) is 9.24. The van der Waals surface area contributed by atoms with Gasteiger partial charge in [-0.3, -0.25) is 14.4 Å². The average Bonchev–Trinajstić information content (AvgIpc) is 3.10. The zero-order valence-corrected chi connectivity index (χ0v) is 33.1. The van der Waals surface area contributed by atoms with Crippen LogP contribution in [0.2, 0.25) is 0 Å². The second-order valence-corrected chi connectivity index (χ2v) is 14.2. The fourth-order valence-corrected chi connectivity index (χ4v) is 5.98. The third kappa shape index (κ3) is 34.3. The molecule has 0 spiro atoms. The van der Waals surface area contributed by atoms with Crippen LogP contribution in [-0.2, 0) is 23.9 Å². The Labute approximate surface area is 308 Å². The molecule has 7 heteroatoms. The minimum absolute atomic E-state index is 0.116. The second-order valence-electron chi connectivity index (χ2n) is 14.2. The second kappa shape index (κ2) is 38.1. The van der Waals surface area contributed by atoms with Gasteiger partial charge in [0.15, 0.2) is 0 Å². The molecule has 0 heterocycles. The van der Waals surface area contributed by atoms with Gasteiger partial charge in [0.1, 0.15) is 13.2 Å². The molecule has 0 bridgehead atoms. The monoisotopic (exact) mass is 705 g/mol. The topological polar surface area (TPSA) is 98.9 Å². The summed E-state index contributed by atoms with van der Waals surface area (Å²) in [7, 11) is 0. The molecule has 1 atom stereocenters. The van der Waals surface area contributed by atoms with Crippen LogP contribution in [0.4, 0.5) is 0 Å². The van der Waals surface area contributed by atoms with Gasteiger partial charge in [0.05, 0.1) is 19.1 Å². The van der Waals surface area contributed by atoms with Gasteiger partial charge in [-0.15, -0.1) is 0 Å². The van der Waals surface area contributed by atoms with Crippen molar-refractivity contribution in [3.63, 3.8) is 0 Å². The van der Waals surface area contributed by atoms with Gasteiger partial charge in [-0.25, -0.2) is 0 Å². The quantitative estimate of drug-likeness (QED) is 0.0392. The molecule has 292 valence electrons. The highest BCUT2D eigenvalue weighted by Gasteiger charge is 2.18. The van der Waals surface area contributed by atoms with Gasteiger partial charge in [0.25, 0.3) is 0 Å². The molecule has 0 aliphatic carbocycles. The van der Waals surface area contributed by atoms with Crippen molar-refractivity contribution >= 4 is 17.8 Å². The number of allylic oxidation sites excluding steroid dienone is 4. The molecule has 0 aromatic carbocycles. The van der Waals surface area contributed by atoms with Crippen LogP contribution in [0.1, 0.15) is 201 Å². The lowest BCUT2D eigenvalue weighted by atomic mass is 10.1. The van der Waals surface area contributed by atoms with Crippen molar-refractivity contribution in [2.24, 2.45) is 5.73 Å². The zero-order valence-electron chi connectivity index (χ0n) is 33.1. The van der Waals surface area contributed by atoms with Gasteiger partial charge in [-0.2, -0.15) is 0 Å². The van der Waals surface area contributed by atoms with Crippen LogP contribution in [-0.4, -0.2) is 55.1 Å². The summed E-state index contributed by atoms with van der Waals surface area (Å²) in [6.07, 6.45) is 41.7. The lowest BCUT2D eigenvalue weighted by Gasteiger charge is -2.24. The lowest BCUT2D eigenvalue weighted by Crippen LogP contribution is -2.45. The molecule has 0 rings (SSSR count). The number of ether oxygens (including phenoxy) is 2. The highest BCUT2D eigenvalue weighted by atomic mass is 16.5. The number of esters is 2. The molecule has 1 amide bonds. The summed E-state index contributed by atoms with van der Waals surface area (Å²) in [6, 6.07) is -0.673. The Hall–Kier alpha value is -2.15. The molecule has 0 saturated carbocycles. The van der Waals surface area contributed by atoms with E-state index in [0.29, 0.717) is 12.8 Å². The SMILES string of the molecule is CCCCCCCC/C=C\CCCCCCCC(=O)OCCN(CCOC(=O)CCCCCCC/C=C\CCCCCCCC)C(=O)[C@H](C)N. The lowest BCUT2D eigenvalue weighted by molar-refractivity contribution is -0.148. The molecule has 0 unspecified atom stereocenters. The minimum Gasteiger partial charge on any atom is -0.464 e. The van der Waals surface area contributed by atoms with Crippen molar-refractivity contribution in [3.8, 4) is 0 Å². The Balaban J connectivity index is 3.85. The van der Waals surface area contributed by atoms with Crippen LogP contribution in [0.15, 0.2) is 24.3 Å². The first kappa shape index (κ1) is 47.8. The fraction of sp³-hybridized carbons (Fsp3) is 0.837. The Morgan fingerprint density at radius 1 is 0.500 bits per heavy atom. The number of hydrogen-bond acceptors (Lipinski definition) is 6. The predicted octanol–water partition coefficient (Wildman–Crippen LogP) is 11.3. The van der Waals surface area contributed by atoms with E-state index >= 15 is 0 Å². The Kier molecular flexibility index (Phi) is 36.5. The Morgan fingerprint density at radius 2 is 0.800 bits per heavy atom. The van der Waals surface area contributed by atoms with Gasteiger partial charge in [-0.1, -0.05) is 141 Å².